The molecule has 112 valence electrons. The number of nitro benzene ring substituents is 1. The first-order chi connectivity index (χ1) is 10.1. The van der Waals surface area contributed by atoms with Gasteiger partial charge in [0.15, 0.2) is 0 Å². The summed E-state index contributed by atoms with van der Waals surface area (Å²) in [5, 5.41) is 17.1. The molecule has 0 bridgehead atoms. The Bertz CT molecular complexity index is 576. The van der Waals surface area contributed by atoms with Crippen LogP contribution in [0, 0.1) is 17.0 Å². The van der Waals surface area contributed by atoms with Gasteiger partial charge in [-0.05, 0) is 38.7 Å². The third-order valence-electron chi connectivity index (χ3n) is 3.34. The van der Waals surface area contributed by atoms with Crippen LogP contribution in [0.25, 0.3) is 0 Å². The van der Waals surface area contributed by atoms with E-state index in [1.54, 1.807) is 19.1 Å². The summed E-state index contributed by atoms with van der Waals surface area (Å²) in [6, 6.07) is 4.45. The highest BCUT2D eigenvalue weighted by atomic mass is 16.7. The highest BCUT2D eigenvalue weighted by Gasteiger charge is 2.13. The fourth-order valence-electron chi connectivity index (χ4n) is 2.18. The maximum atomic E-state index is 11.6. The number of carbonyl (C=O) groups excluding carboxylic acids is 1. The van der Waals surface area contributed by atoms with Gasteiger partial charge in [-0.25, -0.2) is 4.79 Å². The molecule has 1 saturated carbocycles. The van der Waals surface area contributed by atoms with Crippen molar-refractivity contribution in [2.45, 2.75) is 39.0 Å². The average molecular weight is 291 g/mol. The molecule has 0 radical (unpaired) electrons. The Morgan fingerprint density at radius 2 is 2.05 bits per heavy atom. The number of anilines is 1. The molecule has 0 saturated heterocycles. The molecule has 1 aliphatic carbocycles. The number of hydrogen-bond donors (Lipinski definition) is 1. The molecule has 0 atom stereocenters. The molecule has 0 heterocycles. The smallest absolute Gasteiger partial charge is 0.298 e. The van der Waals surface area contributed by atoms with E-state index in [9.17, 15) is 14.9 Å². The molecule has 0 aromatic heterocycles. The van der Waals surface area contributed by atoms with Gasteiger partial charge in [-0.3, -0.25) is 20.3 Å². The van der Waals surface area contributed by atoms with Gasteiger partial charge in [-0.1, -0.05) is 17.6 Å². The van der Waals surface area contributed by atoms with Gasteiger partial charge in [0.25, 0.3) is 5.69 Å². The van der Waals surface area contributed by atoms with Crippen molar-refractivity contribution in [2.24, 2.45) is 5.16 Å². The molecule has 1 aromatic rings. The summed E-state index contributed by atoms with van der Waals surface area (Å²) >= 11 is 0. The van der Waals surface area contributed by atoms with Crippen LogP contribution in [0.5, 0.6) is 0 Å². The summed E-state index contributed by atoms with van der Waals surface area (Å²) in [6.07, 6.45) is 4.26. The van der Waals surface area contributed by atoms with Crippen LogP contribution >= 0.6 is 0 Å². The van der Waals surface area contributed by atoms with Crippen LogP contribution in [0.2, 0.25) is 0 Å². The summed E-state index contributed by atoms with van der Waals surface area (Å²) in [6.45, 7) is 1.63. The topological polar surface area (TPSA) is 93.8 Å². The monoisotopic (exact) mass is 291 g/mol. The molecule has 2 rings (SSSR count). The fourth-order valence-corrected chi connectivity index (χ4v) is 2.18. The van der Waals surface area contributed by atoms with Crippen LogP contribution in [0.3, 0.4) is 0 Å². The lowest BCUT2D eigenvalue weighted by atomic mass is 9.99. The SMILES string of the molecule is Cc1ccc(NC(=O)ON=C2CCCCC2)cc1[N+](=O)[O-]. The Balaban J connectivity index is 1.96. The lowest BCUT2D eigenvalue weighted by Gasteiger charge is -2.11. The van der Waals surface area contributed by atoms with Crippen LogP contribution in [-0.2, 0) is 4.84 Å². The van der Waals surface area contributed by atoms with E-state index in [1.165, 1.54) is 12.5 Å². The van der Waals surface area contributed by atoms with Crippen molar-refractivity contribution in [1.82, 2.24) is 0 Å². The average Bonchev–Trinajstić information content (AvgIpc) is 2.48. The van der Waals surface area contributed by atoms with Gasteiger partial charge >= 0.3 is 6.09 Å². The Labute approximate surface area is 122 Å². The second-order valence-electron chi connectivity index (χ2n) is 4.98. The Morgan fingerprint density at radius 3 is 2.71 bits per heavy atom. The van der Waals surface area contributed by atoms with E-state index in [0.29, 0.717) is 11.3 Å². The number of aryl methyl sites for hydroxylation is 1. The number of carbonyl (C=O) groups is 1. The summed E-state index contributed by atoms with van der Waals surface area (Å²) in [5.74, 6) is 0. The van der Waals surface area contributed by atoms with Crippen molar-refractivity contribution in [3.63, 3.8) is 0 Å². The second kappa shape index (κ2) is 6.83. The lowest BCUT2D eigenvalue weighted by Crippen LogP contribution is -2.13. The second-order valence-corrected chi connectivity index (χ2v) is 4.98. The Morgan fingerprint density at radius 1 is 1.33 bits per heavy atom. The fraction of sp³-hybridized carbons (Fsp3) is 0.429. The van der Waals surface area contributed by atoms with Gasteiger partial charge in [0.05, 0.1) is 16.3 Å². The first kappa shape index (κ1) is 15.0. The first-order valence-corrected chi connectivity index (χ1v) is 6.85. The molecule has 7 nitrogen and oxygen atoms in total. The molecular weight excluding hydrogens is 274 g/mol. The predicted octanol–water partition coefficient (Wildman–Crippen LogP) is 3.77. The molecule has 1 amide bonds. The van der Waals surface area contributed by atoms with Gasteiger partial charge < -0.3 is 0 Å². The van der Waals surface area contributed by atoms with Crippen molar-refractivity contribution in [1.29, 1.82) is 0 Å². The molecule has 0 aliphatic heterocycles. The molecule has 21 heavy (non-hydrogen) atoms. The minimum absolute atomic E-state index is 0.0496. The molecular formula is C14H17N3O4. The first-order valence-electron chi connectivity index (χ1n) is 6.85. The molecule has 1 aromatic carbocycles. The van der Waals surface area contributed by atoms with E-state index in [4.69, 9.17) is 4.84 Å². The summed E-state index contributed by atoms with van der Waals surface area (Å²) in [4.78, 5) is 26.7. The number of amides is 1. The zero-order valence-corrected chi connectivity index (χ0v) is 11.8. The van der Waals surface area contributed by atoms with Crippen LogP contribution in [0.4, 0.5) is 16.2 Å². The predicted molar refractivity (Wildman–Crippen MR) is 78.5 cm³/mol. The van der Waals surface area contributed by atoms with E-state index in [-0.39, 0.29) is 5.69 Å². The summed E-state index contributed by atoms with van der Waals surface area (Å²) in [5.41, 5.74) is 1.67. The molecule has 1 N–H and O–H groups in total. The number of rotatable bonds is 3. The molecule has 1 aliphatic rings. The zero-order chi connectivity index (χ0) is 15.2. The largest absolute Gasteiger partial charge is 0.437 e. The van der Waals surface area contributed by atoms with E-state index in [1.807, 2.05) is 0 Å². The third-order valence-corrected chi connectivity index (χ3v) is 3.34. The quantitative estimate of drug-likeness (QED) is 0.521. The van der Waals surface area contributed by atoms with Crippen molar-refractivity contribution < 1.29 is 14.6 Å². The van der Waals surface area contributed by atoms with Crippen molar-refractivity contribution in [2.75, 3.05) is 5.32 Å². The molecule has 1 fully saturated rings. The minimum atomic E-state index is -0.744. The molecule has 0 unspecified atom stereocenters. The Hall–Kier alpha value is -2.44. The third kappa shape index (κ3) is 4.27. The van der Waals surface area contributed by atoms with E-state index < -0.39 is 11.0 Å². The number of oxime groups is 1. The Kier molecular flexibility index (Phi) is 4.86. The lowest BCUT2D eigenvalue weighted by molar-refractivity contribution is -0.385. The summed E-state index contributed by atoms with van der Waals surface area (Å²) in [7, 11) is 0. The zero-order valence-electron chi connectivity index (χ0n) is 11.8. The highest BCUT2D eigenvalue weighted by molar-refractivity contribution is 5.88. The van der Waals surface area contributed by atoms with Crippen molar-refractivity contribution in [3.05, 3.63) is 33.9 Å². The number of nitrogens with one attached hydrogen (secondary N) is 1. The number of nitrogens with zero attached hydrogens (tertiary/aromatic N) is 2. The molecule has 7 heteroatoms. The van der Waals surface area contributed by atoms with E-state index in [0.717, 1.165) is 31.4 Å². The normalized spacial score (nSPS) is 14.4. The van der Waals surface area contributed by atoms with Crippen LogP contribution in [-0.4, -0.2) is 16.7 Å². The van der Waals surface area contributed by atoms with Crippen molar-refractivity contribution >= 4 is 23.2 Å². The maximum Gasteiger partial charge on any atom is 0.437 e. The van der Waals surface area contributed by atoms with Gasteiger partial charge in [0.2, 0.25) is 0 Å². The number of benzene rings is 1. The van der Waals surface area contributed by atoms with Crippen LogP contribution in [0.1, 0.15) is 37.7 Å². The van der Waals surface area contributed by atoms with Gasteiger partial charge in [0.1, 0.15) is 0 Å². The standard InChI is InChI=1S/C14H17N3O4/c1-10-7-8-12(9-13(10)17(19)20)15-14(18)21-16-11-5-3-2-4-6-11/h7-9H,2-6H2,1H3,(H,15,18). The number of hydrogen-bond acceptors (Lipinski definition) is 5. The van der Waals surface area contributed by atoms with E-state index in [2.05, 4.69) is 10.5 Å². The van der Waals surface area contributed by atoms with E-state index >= 15 is 0 Å². The minimum Gasteiger partial charge on any atom is -0.298 e. The van der Waals surface area contributed by atoms with Gasteiger partial charge in [-0.15, -0.1) is 0 Å². The van der Waals surface area contributed by atoms with Crippen LogP contribution in [0.15, 0.2) is 23.4 Å². The molecule has 0 spiro atoms. The summed E-state index contributed by atoms with van der Waals surface area (Å²) < 4.78 is 0. The van der Waals surface area contributed by atoms with Crippen LogP contribution < -0.4 is 5.32 Å². The highest BCUT2D eigenvalue weighted by Crippen LogP contribution is 2.22. The maximum absolute atomic E-state index is 11.6. The van der Waals surface area contributed by atoms with Crippen molar-refractivity contribution in [3.8, 4) is 0 Å². The van der Waals surface area contributed by atoms with Gasteiger partial charge in [-0.2, -0.15) is 0 Å². The number of nitro groups is 1. The van der Waals surface area contributed by atoms with Gasteiger partial charge in [0, 0.05) is 11.6 Å².